The molecule has 0 aromatic rings. The number of allylic oxidation sites excluding steroid dienone is 3. The molecule has 1 fully saturated rings. The van der Waals surface area contributed by atoms with Gasteiger partial charge in [-0.2, -0.15) is 0 Å². The Kier molecular flexibility index (Phi) is 5.52. The SMILES string of the molecule is Cl.O=C(O)[C@]1(CC2=CC(Br)=CCC2=S)CCCN1. The lowest BCUT2D eigenvalue weighted by Crippen LogP contribution is -2.48. The zero-order valence-electron chi connectivity index (χ0n) is 9.74. The van der Waals surface area contributed by atoms with Crippen molar-refractivity contribution in [1.82, 2.24) is 5.32 Å². The third-order valence-corrected chi connectivity index (χ3v) is 4.28. The van der Waals surface area contributed by atoms with Crippen LogP contribution in [0.25, 0.3) is 0 Å². The van der Waals surface area contributed by atoms with E-state index >= 15 is 0 Å². The molecule has 2 N–H and O–H groups in total. The Labute approximate surface area is 126 Å². The maximum atomic E-state index is 11.4. The first kappa shape index (κ1) is 15.8. The van der Waals surface area contributed by atoms with Crippen LogP contribution in [0, 0.1) is 0 Å². The summed E-state index contributed by atoms with van der Waals surface area (Å²) >= 11 is 8.71. The summed E-state index contributed by atoms with van der Waals surface area (Å²) in [6.07, 6.45) is 6.71. The third-order valence-electron chi connectivity index (χ3n) is 3.30. The van der Waals surface area contributed by atoms with E-state index in [0.29, 0.717) is 12.8 Å². The summed E-state index contributed by atoms with van der Waals surface area (Å²) in [4.78, 5) is 12.3. The fourth-order valence-electron chi connectivity index (χ4n) is 2.32. The van der Waals surface area contributed by atoms with Crippen molar-refractivity contribution < 1.29 is 9.90 Å². The summed E-state index contributed by atoms with van der Waals surface area (Å²) in [7, 11) is 0. The molecule has 1 heterocycles. The van der Waals surface area contributed by atoms with Crippen LogP contribution in [0.2, 0.25) is 0 Å². The fourth-order valence-corrected chi connectivity index (χ4v) is 2.97. The molecule has 1 atom stereocenters. The Morgan fingerprint density at radius 3 is 2.89 bits per heavy atom. The second kappa shape index (κ2) is 6.28. The molecule has 18 heavy (non-hydrogen) atoms. The quantitative estimate of drug-likeness (QED) is 0.767. The summed E-state index contributed by atoms with van der Waals surface area (Å²) < 4.78 is 0.986. The molecule has 3 nitrogen and oxygen atoms in total. The van der Waals surface area contributed by atoms with Crippen molar-refractivity contribution >= 4 is 51.4 Å². The van der Waals surface area contributed by atoms with Crippen molar-refractivity contribution in [3.63, 3.8) is 0 Å². The molecule has 6 heteroatoms. The largest absolute Gasteiger partial charge is 0.480 e. The van der Waals surface area contributed by atoms with E-state index in [2.05, 4.69) is 21.2 Å². The summed E-state index contributed by atoms with van der Waals surface area (Å²) in [5, 5.41) is 12.5. The van der Waals surface area contributed by atoms with E-state index in [1.165, 1.54) is 0 Å². The van der Waals surface area contributed by atoms with Gasteiger partial charge in [0, 0.05) is 22.2 Å². The average Bonchev–Trinajstić information content (AvgIpc) is 2.73. The summed E-state index contributed by atoms with van der Waals surface area (Å²) in [5.41, 5.74) is 0.145. The molecule has 0 bridgehead atoms. The first-order chi connectivity index (χ1) is 8.03. The van der Waals surface area contributed by atoms with Gasteiger partial charge in [0.15, 0.2) is 0 Å². The van der Waals surface area contributed by atoms with Crippen molar-refractivity contribution in [3.05, 3.63) is 22.2 Å². The lowest BCUT2D eigenvalue weighted by Gasteiger charge is -2.27. The van der Waals surface area contributed by atoms with E-state index in [1.54, 1.807) is 0 Å². The van der Waals surface area contributed by atoms with Gasteiger partial charge in [-0.25, -0.2) is 0 Å². The summed E-state index contributed by atoms with van der Waals surface area (Å²) in [5.74, 6) is -0.774. The third kappa shape index (κ3) is 3.20. The van der Waals surface area contributed by atoms with Crippen molar-refractivity contribution in [2.75, 3.05) is 6.54 Å². The predicted octanol–water partition coefficient (Wildman–Crippen LogP) is 2.98. The number of nitrogens with one attached hydrogen (secondary N) is 1. The molecular formula is C12H15BrClNO2S. The second-order valence-corrected chi connectivity index (χ2v) is 5.89. The molecule has 2 aliphatic rings. The van der Waals surface area contributed by atoms with Gasteiger partial charge < -0.3 is 10.4 Å². The van der Waals surface area contributed by atoms with Gasteiger partial charge in [0.25, 0.3) is 0 Å². The number of aliphatic carboxylic acids is 1. The van der Waals surface area contributed by atoms with Gasteiger partial charge in [-0.3, -0.25) is 4.79 Å². The van der Waals surface area contributed by atoms with E-state index < -0.39 is 11.5 Å². The standard InChI is InChI=1S/C12H14BrNO2S.ClH/c13-9-2-3-10(17)8(6-9)7-12(11(15)16)4-1-5-14-12;/h2,6,14H,1,3-5,7H2,(H,15,16);1H/t12-;/m1./s1. The van der Waals surface area contributed by atoms with Gasteiger partial charge in [-0.05, 0) is 31.0 Å². The van der Waals surface area contributed by atoms with Crippen LogP contribution in [0.5, 0.6) is 0 Å². The Hall–Kier alpha value is -0.230. The van der Waals surface area contributed by atoms with Crippen LogP contribution in [0.1, 0.15) is 25.7 Å². The van der Waals surface area contributed by atoms with Crippen LogP contribution in [0.15, 0.2) is 22.2 Å². The highest BCUT2D eigenvalue weighted by Gasteiger charge is 2.42. The maximum absolute atomic E-state index is 11.4. The monoisotopic (exact) mass is 351 g/mol. The van der Waals surface area contributed by atoms with Gasteiger partial charge in [-0.1, -0.05) is 34.2 Å². The number of rotatable bonds is 3. The predicted molar refractivity (Wildman–Crippen MR) is 81.8 cm³/mol. The number of hydrogen-bond donors (Lipinski definition) is 2. The van der Waals surface area contributed by atoms with E-state index in [0.717, 1.165) is 34.3 Å². The second-order valence-electron chi connectivity index (χ2n) is 4.48. The highest BCUT2D eigenvalue weighted by atomic mass is 79.9. The molecule has 0 amide bonds. The number of halogens is 2. The van der Waals surface area contributed by atoms with Gasteiger partial charge in [0.1, 0.15) is 5.54 Å². The van der Waals surface area contributed by atoms with Crippen LogP contribution in [0.3, 0.4) is 0 Å². The molecule has 1 aliphatic carbocycles. The van der Waals surface area contributed by atoms with Gasteiger partial charge in [-0.15, -0.1) is 12.4 Å². The highest BCUT2D eigenvalue weighted by Crippen LogP contribution is 2.31. The number of carboxylic acids is 1. The number of carbonyl (C=O) groups is 1. The minimum absolute atomic E-state index is 0. The fraction of sp³-hybridized carbons (Fsp3) is 0.500. The summed E-state index contributed by atoms with van der Waals surface area (Å²) in [6, 6.07) is 0. The zero-order chi connectivity index (χ0) is 12.5. The minimum Gasteiger partial charge on any atom is -0.480 e. The van der Waals surface area contributed by atoms with Crippen molar-refractivity contribution in [2.24, 2.45) is 0 Å². The smallest absolute Gasteiger partial charge is 0.324 e. The van der Waals surface area contributed by atoms with Crippen molar-refractivity contribution in [2.45, 2.75) is 31.2 Å². The summed E-state index contributed by atoms with van der Waals surface area (Å²) in [6.45, 7) is 0.767. The molecule has 1 aliphatic heterocycles. The Bertz CT molecular complexity index is 428. The van der Waals surface area contributed by atoms with Crippen molar-refractivity contribution in [1.29, 1.82) is 0 Å². The van der Waals surface area contributed by atoms with E-state index in [-0.39, 0.29) is 12.4 Å². The molecule has 0 aromatic heterocycles. The van der Waals surface area contributed by atoms with Gasteiger partial charge in [0.05, 0.1) is 0 Å². The number of hydrogen-bond acceptors (Lipinski definition) is 3. The maximum Gasteiger partial charge on any atom is 0.324 e. The lowest BCUT2D eigenvalue weighted by molar-refractivity contribution is -0.144. The lowest BCUT2D eigenvalue weighted by atomic mass is 9.86. The van der Waals surface area contributed by atoms with Crippen LogP contribution >= 0.6 is 40.6 Å². The molecule has 100 valence electrons. The van der Waals surface area contributed by atoms with Crippen LogP contribution in [-0.2, 0) is 4.79 Å². The van der Waals surface area contributed by atoms with Gasteiger partial charge in [0.2, 0.25) is 0 Å². The molecule has 0 radical (unpaired) electrons. The molecule has 1 saturated heterocycles. The molecule has 2 rings (SSSR count). The molecule has 0 saturated carbocycles. The Balaban J connectivity index is 0.00000162. The van der Waals surface area contributed by atoms with E-state index in [4.69, 9.17) is 12.2 Å². The van der Waals surface area contributed by atoms with Crippen LogP contribution in [-0.4, -0.2) is 28.0 Å². The zero-order valence-corrected chi connectivity index (χ0v) is 13.0. The first-order valence-electron chi connectivity index (χ1n) is 5.61. The number of thiocarbonyl (C=S) groups is 1. The first-order valence-corrected chi connectivity index (χ1v) is 6.81. The highest BCUT2D eigenvalue weighted by molar-refractivity contribution is 9.11. The molecule has 0 spiro atoms. The number of carboxylic acid groups (broad SMARTS) is 1. The van der Waals surface area contributed by atoms with E-state index in [1.807, 2.05) is 12.2 Å². The molecule has 0 aromatic carbocycles. The minimum atomic E-state index is -0.819. The Morgan fingerprint density at radius 1 is 1.61 bits per heavy atom. The Morgan fingerprint density at radius 2 is 2.33 bits per heavy atom. The van der Waals surface area contributed by atoms with Crippen LogP contribution < -0.4 is 5.32 Å². The molecular weight excluding hydrogens is 338 g/mol. The normalized spacial score (nSPS) is 27.3. The molecule has 0 unspecified atom stereocenters. The van der Waals surface area contributed by atoms with Crippen LogP contribution in [0.4, 0.5) is 0 Å². The average molecular weight is 353 g/mol. The van der Waals surface area contributed by atoms with Gasteiger partial charge >= 0.3 is 5.97 Å². The van der Waals surface area contributed by atoms with Crippen molar-refractivity contribution in [3.8, 4) is 0 Å². The van der Waals surface area contributed by atoms with E-state index in [9.17, 15) is 9.90 Å². The topological polar surface area (TPSA) is 49.3 Å².